The van der Waals surface area contributed by atoms with Gasteiger partial charge >= 0.3 is 0 Å². The van der Waals surface area contributed by atoms with Crippen LogP contribution in [0.25, 0.3) is 10.6 Å². The lowest BCUT2D eigenvalue weighted by Gasteiger charge is -2.37. The number of hydrogen-bond acceptors (Lipinski definition) is 5. The van der Waals surface area contributed by atoms with Gasteiger partial charge in [0.05, 0.1) is 0 Å². The number of likely N-dealkylation sites (tertiary alicyclic amines) is 1. The second-order valence-electron chi connectivity index (χ2n) is 6.53. The minimum atomic E-state index is -0.0199. The summed E-state index contributed by atoms with van der Waals surface area (Å²) in [5.41, 5.74) is 1.47. The molecule has 4 heterocycles. The molecule has 2 aliphatic heterocycles. The summed E-state index contributed by atoms with van der Waals surface area (Å²) in [5, 5.41) is 5.54. The van der Waals surface area contributed by atoms with Crippen molar-refractivity contribution in [1.29, 1.82) is 0 Å². The van der Waals surface area contributed by atoms with Gasteiger partial charge in [-0.15, -0.1) is 11.3 Å². The molecule has 2 aromatic rings. The molecule has 4 rings (SSSR count). The van der Waals surface area contributed by atoms with Gasteiger partial charge in [-0.05, 0) is 30.4 Å². The third kappa shape index (κ3) is 2.80. The Morgan fingerprint density at radius 1 is 1.33 bits per heavy atom. The third-order valence-electron chi connectivity index (χ3n) is 4.94. The Labute approximate surface area is 143 Å². The number of rotatable bonds is 2. The highest BCUT2D eigenvalue weighted by Gasteiger charge is 2.41. The van der Waals surface area contributed by atoms with Crippen LogP contribution in [0.2, 0.25) is 0 Å². The number of piperidine rings is 1. The van der Waals surface area contributed by atoms with E-state index in [1.807, 2.05) is 22.4 Å². The zero-order chi connectivity index (χ0) is 16.6. The Hall–Kier alpha value is -2.28. The summed E-state index contributed by atoms with van der Waals surface area (Å²) in [6.45, 7) is 2.12. The summed E-state index contributed by atoms with van der Waals surface area (Å²) >= 11 is 1.46. The quantitative estimate of drug-likeness (QED) is 0.905. The Kier molecular flexibility index (Phi) is 3.80. The van der Waals surface area contributed by atoms with E-state index in [2.05, 4.69) is 15.3 Å². The fourth-order valence-corrected chi connectivity index (χ4v) is 4.23. The Bertz CT molecular complexity index is 766. The van der Waals surface area contributed by atoms with Crippen LogP contribution in [0.4, 0.5) is 0 Å². The topological polar surface area (TPSA) is 75.2 Å². The molecule has 2 amide bonds. The Morgan fingerprint density at radius 2 is 2.17 bits per heavy atom. The van der Waals surface area contributed by atoms with Crippen LogP contribution in [0.5, 0.6) is 0 Å². The molecule has 1 N–H and O–H groups in total. The van der Waals surface area contributed by atoms with Crippen LogP contribution in [0.1, 0.15) is 29.8 Å². The zero-order valence-corrected chi connectivity index (χ0v) is 14.0. The van der Waals surface area contributed by atoms with E-state index < -0.39 is 0 Å². The lowest BCUT2D eigenvalue weighted by atomic mass is 9.77. The number of carbonyl (C=O) groups excluding carboxylic acids is 2. The highest BCUT2D eigenvalue weighted by atomic mass is 32.1. The average Bonchev–Trinajstić information content (AvgIpc) is 3.24. The van der Waals surface area contributed by atoms with Crippen molar-refractivity contribution in [3.8, 4) is 10.6 Å². The molecule has 6 nitrogen and oxygen atoms in total. The predicted octanol–water partition coefficient (Wildman–Crippen LogP) is 1.95. The number of nitrogens with one attached hydrogen (secondary N) is 1. The van der Waals surface area contributed by atoms with E-state index in [1.54, 1.807) is 12.4 Å². The van der Waals surface area contributed by atoms with Crippen LogP contribution in [-0.4, -0.2) is 46.3 Å². The van der Waals surface area contributed by atoms with Gasteiger partial charge in [-0.2, -0.15) is 0 Å². The molecule has 2 aliphatic rings. The van der Waals surface area contributed by atoms with E-state index in [0.29, 0.717) is 25.2 Å². The molecular formula is C17H18N4O2S. The van der Waals surface area contributed by atoms with Gasteiger partial charge in [0.15, 0.2) is 0 Å². The van der Waals surface area contributed by atoms with Gasteiger partial charge < -0.3 is 10.2 Å². The Morgan fingerprint density at radius 3 is 2.83 bits per heavy atom. The lowest BCUT2D eigenvalue weighted by Crippen LogP contribution is -2.44. The number of carbonyl (C=O) groups is 2. The summed E-state index contributed by atoms with van der Waals surface area (Å²) in [6.07, 6.45) is 5.81. The van der Waals surface area contributed by atoms with Crippen LogP contribution < -0.4 is 5.32 Å². The second kappa shape index (κ2) is 5.98. The number of thiazole rings is 1. The molecule has 124 valence electrons. The average molecular weight is 342 g/mol. The molecule has 2 saturated heterocycles. The van der Waals surface area contributed by atoms with Crippen molar-refractivity contribution in [3.05, 3.63) is 35.6 Å². The van der Waals surface area contributed by atoms with E-state index in [9.17, 15) is 9.59 Å². The molecule has 24 heavy (non-hydrogen) atoms. The molecular weight excluding hydrogens is 324 g/mol. The fourth-order valence-electron chi connectivity index (χ4n) is 3.45. The van der Waals surface area contributed by atoms with Crippen molar-refractivity contribution in [2.75, 3.05) is 19.6 Å². The molecule has 0 aliphatic carbocycles. The number of aromatic nitrogens is 2. The summed E-state index contributed by atoms with van der Waals surface area (Å²) in [4.78, 5) is 34.6. The van der Waals surface area contributed by atoms with Crippen molar-refractivity contribution < 1.29 is 9.59 Å². The smallest absolute Gasteiger partial charge is 0.273 e. The van der Waals surface area contributed by atoms with E-state index in [0.717, 1.165) is 30.0 Å². The predicted molar refractivity (Wildman–Crippen MR) is 90.5 cm³/mol. The molecule has 0 radical (unpaired) electrons. The zero-order valence-electron chi connectivity index (χ0n) is 13.2. The first-order valence-corrected chi connectivity index (χ1v) is 8.95. The first-order chi connectivity index (χ1) is 11.7. The van der Waals surface area contributed by atoms with Crippen molar-refractivity contribution in [1.82, 2.24) is 20.2 Å². The van der Waals surface area contributed by atoms with Crippen molar-refractivity contribution in [3.63, 3.8) is 0 Å². The molecule has 2 aromatic heterocycles. The van der Waals surface area contributed by atoms with Crippen LogP contribution in [0.15, 0.2) is 29.9 Å². The molecule has 0 bridgehead atoms. The third-order valence-corrected chi connectivity index (χ3v) is 5.83. The van der Waals surface area contributed by atoms with E-state index in [1.165, 1.54) is 11.3 Å². The number of pyridine rings is 1. The number of nitrogens with zero attached hydrogens (tertiary/aromatic N) is 3. The van der Waals surface area contributed by atoms with E-state index >= 15 is 0 Å². The van der Waals surface area contributed by atoms with E-state index in [-0.39, 0.29) is 17.2 Å². The molecule has 0 aromatic carbocycles. The van der Waals surface area contributed by atoms with Crippen molar-refractivity contribution >= 4 is 23.2 Å². The summed E-state index contributed by atoms with van der Waals surface area (Å²) in [6, 6.07) is 3.80. The van der Waals surface area contributed by atoms with Gasteiger partial charge in [-0.1, -0.05) is 0 Å². The van der Waals surface area contributed by atoms with Gasteiger partial charge in [0.25, 0.3) is 5.91 Å². The van der Waals surface area contributed by atoms with Gasteiger partial charge in [0.1, 0.15) is 10.7 Å². The maximum Gasteiger partial charge on any atom is 0.273 e. The highest BCUT2D eigenvalue weighted by Crippen LogP contribution is 2.37. The molecule has 1 spiro atoms. The summed E-state index contributed by atoms with van der Waals surface area (Å²) in [7, 11) is 0. The standard InChI is InChI=1S/C17H18N4O2S/c22-14-8-17(11-19-14)3-6-21(7-4-17)16(23)13-10-24-15(20-13)12-2-1-5-18-9-12/h1-2,5,9-10H,3-4,6-8,11H2,(H,19,22). The van der Waals surface area contributed by atoms with Crippen LogP contribution in [-0.2, 0) is 4.79 Å². The molecule has 2 fully saturated rings. The summed E-state index contributed by atoms with van der Waals surface area (Å²) < 4.78 is 0. The van der Waals surface area contributed by atoms with E-state index in [4.69, 9.17) is 0 Å². The first kappa shape index (κ1) is 15.3. The van der Waals surface area contributed by atoms with Crippen LogP contribution in [0, 0.1) is 5.41 Å². The normalized spacial score (nSPS) is 19.5. The fraction of sp³-hybridized carbons (Fsp3) is 0.412. The maximum atomic E-state index is 12.7. The van der Waals surface area contributed by atoms with Crippen LogP contribution >= 0.6 is 11.3 Å². The number of amides is 2. The van der Waals surface area contributed by atoms with Gasteiger partial charge in [0.2, 0.25) is 5.91 Å². The van der Waals surface area contributed by atoms with Gasteiger partial charge in [-0.3, -0.25) is 14.6 Å². The SMILES string of the molecule is O=C1CC2(CCN(C(=O)c3csc(-c4cccnc4)n3)CC2)CN1. The van der Waals surface area contributed by atoms with Crippen molar-refractivity contribution in [2.45, 2.75) is 19.3 Å². The largest absolute Gasteiger partial charge is 0.356 e. The minimum Gasteiger partial charge on any atom is -0.356 e. The van der Waals surface area contributed by atoms with Gasteiger partial charge in [-0.25, -0.2) is 4.98 Å². The van der Waals surface area contributed by atoms with Crippen molar-refractivity contribution in [2.24, 2.45) is 5.41 Å². The Balaban J connectivity index is 1.44. The maximum absolute atomic E-state index is 12.7. The molecule has 0 atom stereocenters. The van der Waals surface area contributed by atoms with Crippen LogP contribution in [0.3, 0.4) is 0 Å². The first-order valence-electron chi connectivity index (χ1n) is 8.07. The highest BCUT2D eigenvalue weighted by molar-refractivity contribution is 7.13. The second-order valence-corrected chi connectivity index (χ2v) is 7.38. The molecule has 0 saturated carbocycles. The molecule has 7 heteroatoms. The number of hydrogen-bond donors (Lipinski definition) is 1. The van der Waals surface area contributed by atoms with Gasteiger partial charge in [0, 0.05) is 49.4 Å². The monoisotopic (exact) mass is 342 g/mol. The minimum absolute atomic E-state index is 0.0199. The molecule has 0 unspecified atom stereocenters. The lowest BCUT2D eigenvalue weighted by molar-refractivity contribution is -0.119. The summed E-state index contributed by atoms with van der Waals surface area (Å²) in [5.74, 6) is 0.115.